The summed E-state index contributed by atoms with van der Waals surface area (Å²) in [7, 11) is -3.81. The fraction of sp³-hybridized carbons (Fsp3) is 0.222. The summed E-state index contributed by atoms with van der Waals surface area (Å²) >= 11 is 1.28. The lowest BCUT2D eigenvalue weighted by Crippen LogP contribution is -2.27. The maximum Gasteiger partial charge on any atom is 0.240 e. The van der Waals surface area contributed by atoms with Gasteiger partial charge in [0.25, 0.3) is 0 Å². The number of hydrogen-bond donors (Lipinski definition) is 2. The van der Waals surface area contributed by atoms with Gasteiger partial charge in [0.2, 0.25) is 15.9 Å². The molecule has 2 heterocycles. The summed E-state index contributed by atoms with van der Waals surface area (Å²) in [6.45, 7) is 0.848. The molecule has 29 heavy (non-hydrogen) atoms. The van der Waals surface area contributed by atoms with Crippen LogP contribution >= 0.6 is 11.3 Å². The smallest absolute Gasteiger partial charge is 0.240 e. The fourth-order valence-corrected chi connectivity index (χ4v) is 4.62. The molecular weight excluding hydrogens is 421 g/mol. The summed E-state index contributed by atoms with van der Waals surface area (Å²) in [5.74, 6) is 0.337. The van der Waals surface area contributed by atoms with E-state index in [0.29, 0.717) is 35.4 Å². The van der Waals surface area contributed by atoms with Gasteiger partial charge in [-0.3, -0.25) is 4.79 Å². The lowest BCUT2D eigenvalue weighted by atomic mass is 10.3. The lowest BCUT2D eigenvalue weighted by molar-refractivity contribution is -0.116. The summed E-state index contributed by atoms with van der Waals surface area (Å²) in [5.41, 5.74) is 0.673. The minimum Gasteiger partial charge on any atom is -0.486 e. The molecule has 11 heteroatoms. The van der Waals surface area contributed by atoms with Crippen molar-refractivity contribution in [1.29, 1.82) is 0 Å². The summed E-state index contributed by atoms with van der Waals surface area (Å²) in [4.78, 5) is 16.4. The molecule has 1 aliphatic heterocycles. The number of anilines is 1. The molecule has 0 bridgehead atoms. The number of nitrogens with one attached hydrogen (secondary N) is 2. The van der Waals surface area contributed by atoms with E-state index in [2.05, 4.69) is 15.0 Å². The highest BCUT2D eigenvalue weighted by Crippen LogP contribution is 2.37. The molecule has 0 radical (unpaired) electrons. The molecule has 2 aromatic carbocycles. The third-order valence-corrected chi connectivity index (χ3v) is 6.48. The van der Waals surface area contributed by atoms with Crippen molar-refractivity contribution in [3.63, 3.8) is 0 Å². The molecule has 0 atom stereocenters. The third-order valence-electron chi connectivity index (χ3n) is 4.07. The Balaban J connectivity index is 1.35. The normalized spacial score (nSPS) is 13.4. The Kier molecular flexibility index (Phi) is 5.35. The summed E-state index contributed by atoms with van der Waals surface area (Å²) in [6.07, 6.45) is -0.0843. The van der Waals surface area contributed by atoms with Crippen LogP contribution in [0.3, 0.4) is 0 Å². The van der Waals surface area contributed by atoms with E-state index in [4.69, 9.17) is 9.47 Å². The second-order valence-corrected chi connectivity index (χ2v) is 8.93. The number of aromatic nitrogens is 1. The van der Waals surface area contributed by atoms with Gasteiger partial charge in [-0.15, -0.1) is 0 Å². The van der Waals surface area contributed by atoms with Crippen LogP contribution < -0.4 is 19.5 Å². The van der Waals surface area contributed by atoms with Gasteiger partial charge in [0.1, 0.15) is 19.0 Å². The first kappa shape index (κ1) is 19.6. The first-order valence-corrected chi connectivity index (χ1v) is 11.0. The van der Waals surface area contributed by atoms with E-state index in [1.165, 1.54) is 11.3 Å². The monoisotopic (exact) mass is 437 g/mol. The molecule has 0 aliphatic carbocycles. The number of nitrogens with zero attached hydrogens (tertiary/aromatic N) is 1. The quantitative estimate of drug-likeness (QED) is 0.614. The first-order valence-electron chi connectivity index (χ1n) is 8.66. The van der Waals surface area contributed by atoms with Crippen LogP contribution in [0.15, 0.2) is 41.3 Å². The largest absolute Gasteiger partial charge is 0.486 e. The van der Waals surface area contributed by atoms with Crippen LogP contribution in [0.25, 0.3) is 10.2 Å². The minimum absolute atomic E-state index is 0.0705. The molecule has 152 valence electrons. The Morgan fingerprint density at radius 1 is 1.14 bits per heavy atom. The molecule has 0 fully saturated rings. The highest BCUT2D eigenvalue weighted by atomic mass is 32.2. The molecule has 1 amide bonds. The van der Waals surface area contributed by atoms with Crippen LogP contribution in [0.5, 0.6) is 11.5 Å². The van der Waals surface area contributed by atoms with Crippen molar-refractivity contribution in [2.75, 3.05) is 25.1 Å². The summed E-state index contributed by atoms with van der Waals surface area (Å²) in [6, 6.07) is 8.00. The minimum atomic E-state index is -3.81. The van der Waals surface area contributed by atoms with Crippen LogP contribution in [0.2, 0.25) is 0 Å². The Bertz CT molecular complexity index is 1120. The topological polar surface area (TPSA) is 107 Å². The van der Waals surface area contributed by atoms with Gasteiger partial charge >= 0.3 is 0 Å². The highest BCUT2D eigenvalue weighted by Gasteiger charge is 2.17. The molecule has 1 aromatic heterocycles. The first-order chi connectivity index (χ1) is 13.9. The van der Waals surface area contributed by atoms with E-state index in [-0.39, 0.29) is 23.8 Å². The van der Waals surface area contributed by atoms with Gasteiger partial charge < -0.3 is 14.8 Å². The number of fused-ring (bicyclic) bond motifs is 2. The molecule has 4 rings (SSSR count). The molecular formula is C18H16FN3O5S2. The number of hydrogen-bond acceptors (Lipinski definition) is 7. The van der Waals surface area contributed by atoms with Crippen molar-refractivity contribution in [1.82, 2.24) is 9.71 Å². The second-order valence-electron chi connectivity index (χ2n) is 6.13. The van der Waals surface area contributed by atoms with E-state index in [1.807, 2.05) is 6.07 Å². The maximum absolute atomic E-state index is 12.9. The van der Waals surface area contributed by atoms with Crippen molar-refractivity contribution >= 4 is 42.6 Å². The van der Waals surface area contributed by atoms with E-state index in [1.54, 1.807) is 6.07 Å². The number of benzene rings is 2. The number of sulfonamides is 1. The van der Waals surface area contributed by atoms with Crippen molar-refractivity contribution in [2.24, 2.45) is 0 Å². The van der Waals surface area contributed by atoms with Crippen molar-refractivity contribution in [3.05, 3.63) is 42.2 Å². The predicted molar refractivity (Wildman–Crippen MR) is 105 cm³/mol. The zero-order valence-electron chi connectivity index (χ0n) is 15.0. The van der Waals surface area contributed by atoms with Gasteiger partial charge in [-0.1, -0.05) is 11.3 Å². The van der Waals surface area contributed by atoms with Gasteiger partial charge in [0.15, 0.2) is 16.6 Å². The summed E-state index contributed by atoms with van der Waals surface area (Å²) in [5, 5.41) is 3.05. The number of carbonyl (C=O) groups excluding carboxylic acids is 1. The van der Waals surface area contributed by atoms with Gasteiger partial charge in [-0.25, -0.2) is 22.5 Å². The zero-order chi connectivity index (χ0) is 20.4. The molecule has 1 aliphatic rings. The third kappa shape index (κ3) is 4.47. The average Bonchev–Trinajstić information content (AvgIpc) is 3.07. The average molecular weight is 437 g/mol. The Morgan fingerprint density at radius 3 is 2.55 bits per heavy atom. The summed E-state index contributed by atoms with van der Waals surface area (Å²) < 4.78 is 51.4. The lowest BCUT2D eigenvalue weighted by Gasteiger charge is -2.17. The number of halogens is 1. The fourth-order valence-electron chi connectivity index (χ4n) is 2.70. The van der Waals surface area contributed by atoms with Crippen LogP contribution in [-0.2, 0) is 14.8 Å². The van der Waals surface area contributed by atoms with Crippen LogP contribution in [0.4, 0.5) is 9.52 Å². The van der Waals surface area contributed by atoms with E-state index in [9.17, 15) is 17.6 Å². The van der Waals surface area contributed by atoms with Crippen LogP contribution in [0.1, 0.15) is 6.42 Å². The number of thiazole rings is 1. The standard InChI is InChI=1S/C18H16FN3O5S2/c19-11-1-3-12(4-2-11)29(24,25)20-6-5-17(23)22-18-21-13-9-14-15(10-16(13)28-18)27-8-7-26-14/h1-4,9-10,20H,5-8H2,(H,21,22,23). The Morgan fingerprint density at radius 2 is 1.83 bits per heavy atom. The molecule has 0 spiro atoms. The molecule has 2 N–H and O–H groups in total. The van der Waals surface area contributed by atoms with Gasteiger partial charge in [-0.2, -0.15) is 0 Å². The number of carbonyl (C=O) groups is 1. The SMILES string of the molecule is O=C(CCNS(=O)(=O)c1ccc(F)cc1)Nc1nc2cc3c(cc2s1)OCCO3. The van der Waals surface area contributed by atoms with E-state index in [0.717, 1.165) is 29.0 Å². The predicted octanol–water partition coefficient (Wildman–Crippen LogP) is 2.51. The highest BCUT2D eigenvalue weighted by molar-refractivity contribution is 7.89. The number of amides is 1. The molecule has 0 unspecified atom stereocenters. The maximum atomic E-state index is 12.9. The van der Waals surface area contributed by atoms with Gasteiger partial charge in [0.05, 0.1) is 15.1 Å². The molecule has 0 saturated carbocycles. The van der Waals surface area contributed by atoms with Gasteiger partial charge in [0, 0.05) is 25.1 Å². The van der Waals surface area contributed by atoms with Crippen LogP contribution in [0, 0.1) is 5.82 Å². The van der Waals surface area contributed by atoms with Crippen molar-refractivity contribution < 1.29 is 27.1 Å². The zero-order valence-corrected chi connectivity index (χ0v) is 16.6. The Hall–Kier alpha value is -2.76. The molecule has 3 aromatic rings. The van der Waals surface area contributed by atoms with Gasteiger partial charge in [-0.05, 0) is 24.3 Å². The van der Waals surface area contributed by atoms with Crippen molar-refractivity contribution in [2.45, 2.75) is 11.3 Å². The van der Waals surface area contributed by atoms with E-state index < -0.39 is 15.8 Å². The number of ether oxygens (including phenoxy) is 2. The Labute approximate surface area is 169 Å². The molecule has 8 nitrogen and oxygen atoms in total. The number of rotatable bonds is 6. The van der Waals surface area contributed by atoms with E-state index >= 15 is 0 Å². The molecule has 0 saturated heterocycles. The van der Waals surface area contributed by atoms with Crippen molar-refractivity contribution in [3.8, 4) is 11.5 Å². The van der Waals surface area contributed by atoms with Crippen LogP contribution in [-0.4, -0.2) is 39.1 Å². The second kappa shape index (κ2) is 7.93.